The number of piperidine rings is 1. The third kappa shape index (κ3) is 4.46. The summed E-state index contributed by atoms with van der Waals surface area (Å²) < 4.78 is 23.2. The standard InChI is InChI=1S/C15H20ClN3O5S.ClH/c1-18(10-11-9-12(19(21)22)3-4-13(11)16)14(20)15(25(2,23)24)5-7-17-8-6-15;/h3-4,9,17H,5-8,10H2,1-2H3;1H. The zero-order valence-electron chi connectivity index (χ0n) is 14.4. The molecule has 0 spiro atoms. The molecule has 1 aliphatic rings. The summed E-state index contributed by atoms with van der Waals surface area (Å²) in [6.45, 7) is 0.860. The van der Waals surface area contributed by atoms with E-state index in [0.29, 0.717) is 18.7 Å². The Morgan fingerprint density at radius 3 is 2.46 bits per heavy atom. The number of nitro benzene ring substituents is 1. The summed E-state index contributed by atoms with van der Waals surface area (Å²) in [4.78, 5) is 24.6. The van der Waals surface area contributed by atoms with Crippen LogP contribution in [0.1, 0.15) is 18.4 Å². The van der Waals surface area contributed by atoms with Crippen molar-refractivity contribution in [1.29, 1.82) is 0 Å². The average Bonchev–Trinajstić information content (AvgIpc) is 2.55. The molecule has 0 bridgehead atoms. The number of rotatable bonds is 5. The number of carbonyl (C=O) groups excluding carboxylic acids is 1. The molecule has 0 aliphatic carbocycles. The second-order valence-corrected chi connectivity index (χ2v) is 8.94. The highest BCUT2D eigenvalue weighted by atomic mass is 35.5. The lowest BCUT2D eigenvalue weighted by Crippen LogP contribution is -2.57. The maximum Gasteiger partial charge on any atom is 0.269 e. The van der Waals surface area contributed by atoms with Crippen molar-refractivity contribution in [2.75, 3.05) is 26.4 Å². The Bertz CT molecular complexity index is 794. The number of hydrogen-bond acceptors (Lipinski definition) is 6. The normalized spacial score (nSPS) is 16.4. The molecule has 1 aliphatic heterocycles. The molecule has 1 amide bonds. The summed E-state index contributed by atoms with van der Waals surface area (Å²) in [5.74, 6) is -0.515. The fourth-order valence-electron chi connectivity index (χ4n) is 3.04. The molecule has 11 heteroatoms. The van der Waals surface area contributed by atoms with Crippen LogP contribution in [0.2, 0.25) is 5.02 Å². The van der Waals surface area contributed by atoms with Crippen LogP contribution in [0.4, 0.5) is 5.69 Å². The summed E-state index contributed by atoms with van der Waals surface area (Å²) in [6, 6.07) is 3.96. The smallest absolute Gasteiger partial charge is 0.269 e. The van der Waals surface area contributed by atoms with Gasteiger partial charge in [0.2, 0.25) is 5.91 Å². The van der Waals surface area contributed by atoms with Gasteiger partial charge in [0.25, 0.3) is 5.69 Å². The van der Waals surface area contributed by atoms with Crippen LogP contribution in [0.5, 0.6) is 0 Å². The van der Waals surface area contributed by atoms with Gasteiger partial charge in [-0.2, -0.15) is 0 Å². The Morgan fingerprint density at radius 1 is 1.38 bits per heavy atom. The highest BCUT2D eigenvalue weighted by Gasteiger charge is 2.49. The van der Waals surface area contributed by atoms with Gasteiger partial charge in [0.1, 0.15) is 0 Å². The largest absolute Gasteiger partial charge is 0.340 e. The molecule has 1 saturated heterocycles. The van der Waals surface area contributed by atoms with E-state index in [1.807, 2.05) is 0 Å². The third-order valence-electron chi connectivity index (χ3n) is 4.51. The van der Waals surface area contributed by atoms with Crippen LogP contribution in [0.25, 0.3) is 0 Å². The maximum atomic E-state index is 12.9. The predicted molar refractivity (Wildman–Crippen MR) is 102 cm³/mol. The number of halogens is 2. The molecule has 26 heavy (non-hydrogen) atoms. The number of carbonyl (C=O) groups is 1. The zero-order chi connectivity index (χ0) is 18.8. The van der Waals surface area contributed by atoms with Gasteiger partial charge in [-0.15, -0.1) is 12.4 Å². The molecule has 1 aromatic carbocycles. The first-order valence-corrected chi connectivity index (χ1v) is 9.94. The molecule has 1 heterocycles. The van der Waals surface area contributed by atoms with E-state index in [2.05, 4.69) is 5.32 Å². The number of nitrogens with zero attached hydrogens (tertiary/aromatic N) is 2. The monoisotopic (exact) mass is 425 g/mol. The molecule has 0 unspecified atom stereocenters. The molecular weight excluding hydrogens is 405 g/mol. The summed E-state index contributed by atoms with van der Waals surface area (Å²) in [5, 5.41) is 14.2. The van der Waals surface area contributed by atoms with Gasteiger partial charge >= 0.3 is 0 Å². The van der Waals surface area contributed by atoms with Crippen LogP contribution in [0.3, 0.4) is 0 Å². The number of nitrogens with one attached hydrogen (secondary N) is 1. The van der Waals surface area contributed by atoms with Gasteiger partial charge in [0.15, 0.2) is 14.6 Å². The third-order valence-corrected chi connectivity index (χ3v) is 6.88. The fraction of sp³-hybridized carbons (Fsp3) is 0.533. The van der Waals surface area contributed by atoms with Gasteiger partial charge in [-0.25, -0.2) is 8.42 Å². The number of non-ortho nitro benzene ring substituents is 1. The molecule has 0 saturated carbocycles. The first-order valence-electron chi connectivity index (χ1n) is 7.67. The number of benzene rings is 1. The number of nitro groups is 1. The minimum atomic E-state index is -3.63. The van der Waals surface area contributed by atoms with E-state index in [-0.39, 0.29) is 42.5 Å². The highest BCUT2D eigenvalue weighted by molar-refractivity contribution is 7.92. The minimum absolute atomic E-state index is 0. The molecule has 8 nitrogen and oxygen atoms in total. The summed E-state index contributed by atoms with van der Waals surface area (Å²) in [5.41, 5.74) is 0.254. The number of sulfone groups is 1. The first-order chi connectivity index (χ1) is 11.6. The molecule has 0 aromatic heterocycles. The summed E-state index contributed by atoms with van der Waals surface area (Å²) in [6.07, 6.45) is 1.46. The Balaban J connectivity index is 0.00000338. The average molecular weight is 426 g/mol. The number of hydrogen-bond donors (Lipinski definition) is 1. The van der Waals surface area contributed by atoms with Crippen molar-refractivity contribution in [1.82, 2.24) is 10.2 Å². The van der Waals surface area contributed by atoms with E-state index >= 15 is 0 Å². The molecule has 0 radical (unpaired) electrons. The van der Waals surface area contributed by atoms with E-state index < -0.39 is 25.4 Å². The molecule has 0 atom stereocenters. The van der Waals surface area contributed by atoms with Crippen molar-refractivity contribution in [3.8, 4) is 0 Å². The lowest BCUT2D eigenvalue weighted by molar-refractivity contribution is -0.384. The van der Waals surface area contributed by atoms with Crippen molar-refractivity contribution < 1.29 is 18.1 Å². The van der Waals surface area contributed by atoms with Crippen LogP contribution < -0.4 is 5.32 Å². The predicted octanol–water partition coefficient (Wildman–Crippen LogP) is 1.80. The second-order valence-electron chi connectivity index (χ2n) is 6.21. The fourth-order valence-corrected chi connectivity index (χ4v) is 4.64. The van der Waals surface area contributed by atoms with Crippen LogP contribution in [0.15, 0.2) is 18.2 Å². The molecule has 1 aromatic rings. The van der Waals surface area contributed by atoms with Gasteiger partial charge in [-0.1, -0.05) is 11.6 Å². The lowest BCUT2D eigenvalue weighted by atomic mass is 9.95. The van der Waals surface area contributed by atoms with Gasteiger partial charge in [0, 0.05) is 37.0 Å². The second kappa shape index (κ2) is 8.51. The number of amides is 1. The van der Waals surface area contributed by atoms with Crippen LogP contribution in [0, 0.1) is 10.1 Å². The Kier molecular flexibility index (Phi) is 7.41. The Labute approximate surface area is 163 Å². The molecule has 2 rings (SSSR count). The molecular formula is C15H21Cl2N3O5S. The quantitative estimate of drug-likeness (QED) is 0.568. The Morgan fingerprint density at radius 2 is 1.96 bits per heavy atom. The van der Waals surface area contributed by atoms with Gasteiger partial charge in [-0.3, -0.25) is 14.9 Å². The molecule has 146 valence electrons. The van der Waals surface area contributed by atoms with Crippen LogP contribution in [-0.4, -0.2) is 55.3 Å². The van der Waals surface area contributed by atoms with E-state index in [1.54, 1.807) is 0 Å². The van der Waals surface area contributed by atoms with Gasteiger partial charge < -0.3 is 10.2 Å². The lowest BCUT2D eigenvalue weighted by Gasteiger charge is -2.37. The van der Waals surface area contributed by atoms with E-state index in [1.165, 1.54) is 30.1 Å². The molecule has 1 fully saturated rings. The Hall–Kier alpha value is -1.42. The van der Waals surface area contributed by atoms with Crippen LogP contribution >= 0.6 is 24.0 Å². The van der Waals surface area contributed by atoms with Crippen molar-refractivity contribution in [3.63, 3.8) is 0 Å². The summed E-state index contributed by atoms with van der Waals surface area (Å²) in [7, 11) is -2.15. The van der Waals surface area contributed by atoms with E-state index in [4.69, 9.17) is 11.6 Å². The van der Waals surface area contributed by atoms with Crippen molar-refractivity contribution in [2.45, 2.75) is 24.1 Å². The zero-order valence-corrected chi connectivity index (χ0v) is 16.8. The minimum Gasteiger partial charge on any atom is -0.340 e. The summed E-state index contributed by atoms with van der Waals surface area (Å²) >= 11 is 6.07. The van der Waals surface area contributed by atoms with Crippen molar-refractivity contribution in [3.05, 3.63) is 38.9 Å². The van der Waals surface area contributed by atoms with Gasteiger partial charge in [-0.05, 0) is 37.6 Å². The first kappa shape index (κ1) is 22.6. The van der Waals surface area contributed by atoms with Crippen molar-refractivity contribution in [2.24, 2.45) is 0 Å². The van der Waals surface area contributed by atoms with Crippen molar-refractivity contribution >= 4 is 45.4 Å². The SMILES string of the molecule is CN(Cc1cc([N+](=O)[O-])ccc1Cl)C(=O)C1(S(C)(=O)=O)CCNCC1.Cl. The highest BCUT2D eigenvalue weighted by Crippen LogP contribution is 2.31. The van der Waals surface area contributed by atoms with Crippen LogP contribution in [-0.2, 0) is 21.2 Å². The van der Waals surface area contributed by atoms with E-state index in [9.17, 15) is 23.3 Å². The molecule has 1 N–H and O–H groups in total. The van der Waals surface area contributed by atoms with E-state index in [0.717, 1.165) is 6.26 Å². The maximum absolute atomic E-state index is 12.9. The topological polar surface area (TPSA) is 110 Å². The van der Waals surface area contributed by atoms with Gasteiger partial charge in [0.05, 0.1) is 4.92 Å².